The van der Waals surface area contributed by atoms with E-state index in [2.05, 4.69) is 0 Å². The summed E-state index contributed by atoms with van der Waals surface area (Å²) in [4.78, 5) is 12.4. The summed E-state index contributed by atoms with van der Waals surface area (Å²) in [5.41, 5.74) is 0.276. The number of fused-ring (bicyclic) bond motifs is 1. The Kier molecular flexibility index (Phi) is 5.73. The van der Waals surface area contributed by atoms with Gasteiger partial charge in [0.25, 0.3) is 5.91 Å². The van der Waals surface area contributed by atoms with Crippen molar-refractivity contribution >= 4 is 27.3 Å². The predicted octanol–water partition coefficient (Wildman–Crippen LogP) is 2.93. The number of carbonyl (C=O) groups is 1. The number of hydrogen-bond donors (Lipinski definition) is 2. The molecule has 160 valence electrons. The number of hydrogen-bond acceptors (Lipinski definition) is 7. The molecule has 2 fully saturated rings. The van der Waals surface area contributed by atoms with Gasteiger partial charge >= 0.3 is 0 Å². The summed E-state index contributed by atoms with van der Waals surface area (Å²) < 4.78 is 42.6. The second kappa shape index (κ2) is 8.16. The Labute approximate surface area is 178 Å². The number of ether oxygens (including phenoxy) is 3. The summed E-state index contributed by atoms with van der Waals surface area (Å²) in [7, 11) is -3.84. The standard InChI is InChI=1S/C20H20ClNO7S/c21-13-1-3-14(4-2-13)29-15-5-7-16(8-6-15)30(25,26)11-20(19(23)22-24)9-17-18(10-20)28-12-27-17/h1-8,17-18,24H,9-12H2,(H,22,23). The molecule has 2 atom stereocenters. The van der Waals surface area contributed by atoms with E-state index in [9.17, 15) is 18.4 Å². The Morgan fingerprint density at radius 2 is 1.60 bits per heavy atom. The molecule has 2 unspecified atom stereocenters. The molecule has 2 aromatic rings. The molecule has 1 saturated heterocycles. The SMILES string of the molecule is O=C(NO)C1(CS(=O)(=O)c2ccc(Oc3ccc(Cl)cc3)cc2)CC2OCOC2C1. The van der Waals surface area contributed by atoms with Gasteiger partial charge in [-0.05, 0) is 61.4 Å². The van der Waals surface area contributed by atoms with Crippen molar-refractivity contribution in [2.24, 2.45) is 5.41 Å². The van der Waals surface area contributed by atoms with Crippen LogP contribution in [-0.4, -0.2) is 44.3 Å². The number of sulfone groups is 1. The molecule has 2 aliphatic rings. The number of nitrogens with one attached hydrogen (secondary N) is 1. The molecule has 1 aliphatic heterocycles. The van der Waals surface area contributed by atoms with Gasteiger partial charge in [0.1, 0.15) is 18.3 Å². The van der Waals surface area contributed by atoms with Gasteiger partial charge in [-0.15, -0.1) is 0 Å². The smallest absolute Gasteiger partial charge is 0.250 e. The molecule has 2 aromatic carbocycles. The molecule has 30 heavy (non-hydrogen) atoms. The largest absolute Gasteiger partial charge is 0.457 e. The topological polar surface area (TPSA) is 111 Å². The van der Waals surface area contributed by atoms with Crippen molar-refractivity contribution in [2.45, 2.75) is 29.9 Å². The van der Waals surface area contributed by atoms with Crippen molar-refractivity contribution < 1.29 is 32.6 Å². The molecule has 10 heteroatoms. The fourth-order valence-corrected chi connectivity index (χ4v) is 5.89. The first kappa shape index (κ1) is 21.1. The first-order valence-electron chi connectivity index (χ1n) is 9.25. The van der Waals surface area contributed by atoms with Crippen LogP contribution in [0.5, 0.6) is 11.5 Å². The van der Waals surface area contributed by atoms with E-state index >= 15 is 0 Å². The monoisotopic (exact) mass is 453 g/mol. The number of benzene rings is 2. The number of hydroxylamine groups is 1. The summed E-state index contributed by atoms with van der Waals surface area (Å²) in [5, 5.41) is 9.76. The van der Waals surface area contributed by atoms with Gasteiger partial charge in [-0.2, -0.15) is 0 Å². The van der Waals surface area contributed by atoms with Crippen LogP contribution in [0.15, 0.2) is 53.4 Å². The van der Waals surface area contributed by atoms with Crippen molar-refractivity contribution in [3.8, 4) is 11.5 Å². The van der Waals surface area contributed by atoms with Gasteiger partial charge in [0.15, 0.2) is 9.84 Å². The molecule has 0 bridgehead atoms. The Balaban J connectivity index is 1.52. The van der Waals surface area contributed by atoms with Crippen LogP contribution in [0.2, 0.25) is 5.02 Å². The summed E-state index contributed by atoms with van der Waals surface area (Å²) in [6.45, 7) is 0.119. The molecule has 0 radical (unpaired) electrons. The maximum absolute atomic E-state index is 13.0. The zero-order chi connectivity index (χ0) is 21.4. The third kappa shape index (κ3) is 4.17. The average molecular weight is 454 g/mol. The van der Waals surface area contributed by atoms with Gasteiger partial charge in [0, 0.05) is 5.02 Å². The van der Waals surface area contributed by atoms with Crippen LogP contribution in [0.1, 0.15) is 12.8 Å². The van der Waals surface area contributed by atoms with Crippen LogP contribution in [0.4, 0.5) is 0 Å². The first-order chi connectivity index (χ1) is 14.3. The number of halogens is 1. The van der Waals surface area contributed by atoms with Gasteiger partial charge in [-0.1, -0.05) is 11.6 Å². The summed E-state index contributed by atoms with van der Waals surface area (Å²) >= 11 is 5.85. The van der Waals surface area contributed by atoms with E-state index in [0.29, 0.717) is 16.5 Å². The minimum Gasteiger partial charge on any atom is -0.457 e. The van der Waals surface area contributed by atoms with Gasteiger partial charge < -0.3 is 14.2 Å². The highest BCUT2D eigenvalue weighted by Crippen LogP contribution is 2.45. The molecule has 0 spiro atoms. The fraction of sp³-hybridized carbons (Fsp3) is 0.350. The van der Waals surface area contributed by atoms with Crippen LogP contribution in [0, 0.1) is 5.41 Å². The fourth-order valence-electron chi connectivity index (χ4n) is 3.95. The zero-order valence-corrected chi connectivity index (χ0v) is 17.4. The molecule has 1 aliphatic carbocycles. The Bertz CT molecular complexity index is 1010. The van der Waals surface area contributed by atoms with E-state index in [1.807, 2.05) is 0 Å². The highest BCUT2D eigenvalue weighted by atomic mass is 35.5. The molecular formula is C20H20ClNO7S. The lowest BCUT2D eigenvalue weighted by Gasteiger charge is -2.27. The van der Waals surface area contributed by atoms with E-state index in [1.165, 1.54) is 24.3 Å². The minimum atomic E-state index is -3.84. The molecule has 1 amide bonds. The molecule has 2 N–H and O–H groups in total. The molecule has 1 heterocycles. The van der Waals surface area contributed by atoms with E-state index in [0.717, 1.165) is 0 Å². The number of rotatable bonds is 6. The van der Waals surface area contributed by atoms with Crippen LogP contribution >= 0.6 is 11.6 Å². The summed E-state index contributed by atoms with van der Waals surface area (Å²) in [6, 6.07) is 12.7. The van der Waals surface area contributed by atoms with Crippen LogP contribution in [0.3, 0.4) is 0 Å². The average Bonchev–Trinajstić information content (AvgIpc) is 3.29. The van der Waals surface area contributed by atoms with Crippen LogP contribution < -0.4 is 10.2 Å². The summed E-state index contributed by atoms with van der Waals surface area (Å²) in [5.74, 6) is -0.207. The van der Waals surface area contributed by atoms with Crippen molar-refractivity contribution in [1.29, 1.82) is 0 Å². The highest BCUT2D eigenvalue weighted by Gasteiger charge is 2.55. The Morgan fingerprint density at radius 3 is 2.13 bits per heavy atom. The Hall–Kier alpha value is -2.17. The lowest BCUT2D eigenvalue weighted by molar-refractivity contribution is -0.140. The second-order valence-electron chi connectivity index (χ2n) is 7.44. The minimum absolute atomic E-state index is 0.0509. The predicted molar refractivity (Wildman–Crippen MR) is 106 cm³/mol. The van der Waals surface area contributed by atoms with Crippen molar-refractivity contribution in [3.63, 3.8) is 0 Å². The third-order valence-corrected chi connectivity index (χ3v) is 7.62. The maximum atomic E-state index is 13.0. The van der Waals surface area contributed by atoms with E-state index in [4.69, 9.17) is 25.8 Å². The van der Waals surface area contributed by atoms with Crippen LogP contribution in [-0.2, 0) is 24.1 Å². The van der Waals surface area contributed by atoms with Gasteiger partial charge in [0.2, 0.25) is 0 Å². The maximum Gasteiger partial charge on any atom is 0.250 e. The van der Waals surface area contributed by atoms with E-state index in [-0.39, 0.29) is 36.7 Å². The van der Waals surface area contributed by atoms with Gasteiger partial charge in [-0.3, -0.25) is 10.0 Å². The third-order valence-electron chi connectivity index (χ3n) is 5.44. The first-order valence-corrected chi connectivity index (χ1v) is 11.3. The lowest BCUT2D eigenvalue weighted by atomic mass is 9.87. The normalized spacial score (nSPS) is 25.7. The van der Waals surface area contributed by atoms with Crippen LogP contribution in [0.25, 0.3) is 0 Å². The zero-order valence-electron chi connectivity index (χ0n) is 15.8. The number of carbonyl (C=O) groups excluding carboxylic acids is 1. The summed E-state index contributed by atoms with van der Waals surface area (Å²) in [6.07, 6.45) is -0.428. The second-order valence-corrected chi connectivity index (χ2v) is 9.87. The van der Waals surface area contributed by atoms with Crippen molar-refractivity contribution in [2.75, 3.05) is 12.5 Å². The molecule has 0 aromatic heterocycles. The van der Waals surface area contributed by atoms with E-state index in [1.54, 1.807) is 29.7 Å². The Morgan fingerprint density at radius 1 is 1.07 bits per heavy atom. The van der Waals surface area contributed by atoms with E-state index < -0.39 is 26.9 Å². The number of amides is 1. The quantitative estimate of drug-likeness (QED) is 0.511. The highest BCUT2D eigenvalue weighted by molar-refractivity contribution is 7.91. The molecule has 4 rings (SSSR count). The lowest BCUT2D eigenvalue weighted by Crippen LogP contribution is -2.43. The van der Waals surface area contributed by atoms with Gasteiger partial charge in [0.05, 0.1) is 28.3 Å². The molecular weight excluding hydrogens is 434 g/mol. The molecule has 1 saturated carbocycles. The van der Waals surface area contributed by atoms with Crippen molar-refractivity contribution in [3.05, 3.63) is 53.6 Å². The van der Waals surface area contributed by atoms with Crippen molar-refractivity contribution in [1.82, 2.24) is 5.48 Å². The van der Waals surface area contributed by atoms with Gasteiger partial charge in [-0.25, -0.2) is 13.9 Å². The molecule has 8 nitrogen and oxygen atoms in total.